The smallest absolute Gasteiger partial charge is 0.187 e. The molecule has 0 aromatic heterocycles. The molecule has 0 heterocycles. The van der Waals surface area contributed by atoms with Crippen molar-refractivity contribution in [1.29, 1.82) is 0 Å². The molecule has 7 aliphatic rings. The summed E-state index contributed by atoms with van der Waals surface area (Å²) in [6.07, 6.45) is 0. The molecule has 0 aliphatic heterocycles. The number of rotatable bonds is 0. The molecule has 36 heavy (non-hydrogen) atoms. The fourth-order valence-corrected chi connectivity index (χ4v) is 7.99. The summed E-state index contributed by atoms with van der Waals surface area (Å²) < 4.78 is 0. The summed E-state index contributed by atoms with van der Waals surface area (Å²) >= 11 is 0. The molecule has 11 rings (SSSR count). The van der Waals surface area contributed by atoms with Crippen LogP contribution in [-0.4, -0.2) is 11.6 Å². The first-order valence-corrected chi connectivity index (χ1v) is 12.7. The first-order chi connectivity index (χ1) is 17.8. The number of hydrogen-bond donors (Lipinski definition) is 0. The maximum absolute atomic E-state index is 14.7. The highest BCUT2D eigenvalue weighted by Crippen LogP contribution is 2.63. The van der Waals surface area contributed by atoms with Crippen LogP contribution in [0.3, 0.4) is 0 Å². The van der Waals surface area contributed by atoms with E-state index in [9.17, 15) is 9.59 Å². The van der Waals surface area contributed by atoms with Crippen molar-refractivity contribution < 1.29 is 9.59 Å². The molecule has 4 aromatic rings. The van der Waals surface area contributed by atoms with Gasteiger partial charge in [0.15, 0.2) is 11.6 Å². The van der Waals surface area contributed by atoms with Crippen LogP contribution in [0.15, 0.2) is 119 Å². The van der Waals surface area contributed by atoms with E-state index in [1.807, 2.05) is 0 Å². The van der Waals surface area contributed by atoms with Crippen molar-refractivity contribution in [2.75, 3.05) is 0 Å². The van der Waals surface area contributed by atoms with Crippen LogP contribution in [-0.2, 0) is 9.59 Å². The lowest BCUT2D eigenvalue weighted by atomic mass is 9.51. The molecule has 2 heteroatoms. The van der Waals surface area contributed by atoms with Gasteiger partial charge in [-0.05, 0) is 44.5 Å². The Morgan fingerprint density at radius 1 is 0.306 bits per heavy atom. The number of allylic oxidation sites excluding steroid dienone is 4. The minimum atomic E-state index is -0.186. The van der Waals surface area contributed by atoms with Crippen LogP contribution in [0.5, 0.6) is 0 Å². The minimum Gasteiger partial charge on any atom is -0.289 e. The third-order valence-corrected chi connectivity index (χ3v) is 9.19. The molecule has 0 amide bonds. The lowest BCUT2D eigenvalue weighted by Gasteiger charge is -2.49. The summed E-state index contributed by atoms with van der Waals surface area (Å²) in [5.74, 6) is -0.583. The van der Waals surface area contributed by atoms with Crippen LogP contribution in [0.25, 0.3) is 0 Å². The van der Waals surface area contributed by atoms with Gasteiger partial charge in [-0.25, -0.2) is 0 Å². The second-order valence-corrected chi connectivity index (χ2v) is 10.6. The van der Waals surface area contributed by atoms with E-state index in [4.69, 9.17) is 0 Å². The van der Waals surface area contributed by atoms with Gasteiger partial charge in [-0.1, -0.05) is 97.1 Å². The van der Waals surface area contributed by atoms with Gasteiger partial charge in [0.1, 0.15) is 0 Å². The Kier molecular flexibility index (Phi) is 3.30. The molecule has 0 unspecified atom stereocenters. The summed E-state index contributed by atoms with van der Waals surface area (Å²) in [5.41, 5.74) is 12.3. The van der Waals surface area contributed by atoms with Crippen LogP contribution in [0.1, 0.15) is 68.2 Å². The Labute approximate surface area is 208 Å². The van der Waals surface area contributed by atoms with Crippen molar-refractivity contribution in [3.05, 3.63) is 164 Å². The average molecular weight is 461 g/mol. The minimum absolute atomic E-state index is 0.0811. The van der Waals surface area contributed by atoms with E-state index in [1.54, 1.807) is 0 Å². The van der Waals surface area contributed by atoms with E-state index in [-0.39, 0.29) is 35.2 Å². The number of Topliss-reactive ketones (excluding diaryl/α,β-unsaturated/α-hetero) is 2. The number of hydrogen-bond acceptors (Lipinski definition) is 2. The molecule has 168 valence electrons. The van der Waals surface area contributed by atoms with Crippen molar-refractivity contribution in [3.8, 4) is 0 Å². The molecule has 0 N–H and O–H groups in total. The molecule has 2 nitrogen and oxygen atoms in total. The Bertz CT molecular complexity index is 1450. The van der Waals surface area contributed by atoms with Crippen molar-refractivity contribution >= 4 is 11.6 Å². The maximum atomic E-state index is 14.7. The average Bonchev–Trinajstić information content (AvgIpc) is 2.95. The normalized spacial score (nSPS) is 25.7. The van der Waals surface area contributed by atoms with Gasteiger partial charge in [0.25, 0.3) is 0 Å². The van der Waals surface area contributed by atoms with Gasteiger partial charge in [-0.15, -0.1) is 0 Å². The third kappa shape index (κ3) is 1.96. The molecule has 0 fully saturated rings. The maximum Gasteiger partial charge on any atom is 0.187 e. The molecule has 0 radical (unpaired) electrons. The molecular weight excluding hydrogens is 440 g/mol. The molecule has 0 saturated carbocycles. The standard InChI is InChI=1S/C34H20O2/c35-33-29-25-17-9-1-2-10-18(17)26(20-12-4-3-11-19(20)25)30(29)34(36)32-28-23-15-7-5-13-21(23)27(31(32)33)22-14-6-8-16-24(22)28/h1-16,25-28H. The lowest BCUT2D eigenvalue weighted by Crippen LogP contribution is -2.43. The van der Waals surface area contributed by atoms with E-state index >= 15 is 0 Å². The van der Waals surface area contributed by atoms with E-state index in [0.29, 0.717) is 0 Å². The first-order valence-electron chi connectivity index (χ1n) is 12.7. The van der Waals surface area contributed by atoms with Gasteiger partial charge < -0.3 is 0 Å². The summed E-state index contributed by atoms with van der Waals surface area (Å²) in [4.78, 5) is 29.4. The van der Waals surface area contributed by atoms with Crippen LogP contribution in [0.4, 0.5) is 0 Å². The van der Waals surface area contributed by atoms with Gasteiger partial charge in [0.2, 0.25) is 0 Å². The van der Waals surface area contributed by atoms with Crippen molar-refractivity contribution in [2.24, 2.45) is 0 Å². The fraction of sp³-hybridized carbons (Fsp3) is 0.118. The van der Waals surface area contributed by atoms with Gasteiger partial charge in [-0.2, -0.15) is 0 Å². The Morgan fingerprint density at radius 3 is 0.639 bits per heavy atom. The Balaban J connectivity index is 1.35. The summed E-state index contributed by atoms with van der Waals surface area (Å²) in [7, 11) is 0. The number of carbonyl (C=O) groups excluding carboxylic acids is 2. The largest absolute Gasteiger partial charge is 0.289 e. The predicted molar refractivity (Wildman–Crippen MR) is 137 cm³/mol. The van der Waals surface area contributed by atoms with Gasteiger partial charge in [0, 0.05) is 46.0 Å². The zero-order chi connectivity index (χ0) is 23.7. The highest BCUT2D eigenvalue weighted by molar-refractivity contribution is 6.30. The monoisotopic (exact) mass is 460 g/mol. The third-order valence-electron chi connectivity index (χ3n) is 9.19. The van der Waals surface area contributed by atoms with Crippen molar-refractivity contribution in [3.63, 3.8) is 0 Å². The molecule has 4 bridgehead atoms. The zero-order valence-electron chi connectivity index (χ0n) is 19.4. The number of benzene rings is 4. The van der Waals surface area contributed by atoms with Gasteiger partial charge >= 0.3 is 0 Å². The van der Waals surface area contributed by atoms with Crippen LogP contribution in [0.2, 0.25) is 0 Å². The van der Waals surface area contributed by atoms with Gasteiger partial charge in [0.05, 0.1) is 0 Å². The van der Waals surface area contributed by atoms with E-state index in [2.05, 4.69) is 97.1 Å². The zero-order valence-corrected chi connectivity index (χ0v) is 19.4. The molecule has 0 saturated heterocycles. The fourth-order valence-electron chi connectivity index (χ4n) is 7.99. The second-order valence-electron chi connectivity index (χ2n) is 10.6. The molecule has 0 atom stereocenters. The molecule has 0 spiro atoms. The Hall–Kier alpha value is -4.30. The highest BCUT2D eigenvalue weighted by Gasteiger charge is 2.56. The highest BCUT2D eigenvalue weighted by atomic mass is 16.1. The van der Waals surface area contributed by atoms with Crippen molar-refractivity contribution in [2.45, 2.75) is 23.7 Å². The first kappa shape index (κ1) is 19.0. The number of carbonyl (C=O) groups is 2. The second kappa shape index (κ2) is 6.27. The van der Waals surface area contributed by atoms with Crippen LogP contribution in [0, 0.1) is 0 Å². The molecular formula is C34H20O2. The Morgan fingerprint density at radius 2 is 0.472 bits per heavy atom. The van der Waals surface area contributed by atoms with E-state index in [0.717, 1.165) is 22.3 Å². The SMILES string of the molecule is O=C1C2=C(C(=O)C3=C1C1c4ccccc4C3c3ccccc31)C1c3ccccc3C2c2ccccc21. The number of ketones is 2. The van der Waals surface area contributed by atoms with E-state index in [1.165, 1.54) is 44.5 Å². The van der Waals surface area contributed by atoms with Crippen molar-refractivity contribution in [1.82, 2.24) is 0 Å². The van der Waals surface area contributed by atoms with Gasteiger partial charge in [-0.3, -0.25) is 9.59 Å². The summed E-state index contributed by atoms with van der Waals surface area (Å²) in [6.45, 7) is 0. The predicted octanol–water partition coefficient (Wildman–Crippen LogP) is 6.31. The lowest BCUT2D eigenvalue weighted by molar-refractivity contribution is -0.117. The van der Waals surface area contributed by atoms with Crippen LogP contribution >= 0.6 is 0 Å². The summed E-state index contributed by atoms with van der Waals surface area (Å²) in [6, 6.07) is 33.6. The van der Waals surface area contributed by atoms with E-state index < -0.39 is 0 Å². The molecule has 4 aromatic carbocycles. The van der Waals surface area contributed by atoms with Crippen LogP contribution < -0.4 is 0 Å². The quantitative estimate of drug-likeness (QED) is 0.288. The molecule has 7 aliphatic carbocycles. The topological polar surface area (TPSA) is 34.1 Å². The summed E-state index contributed by atoms with van der Waals surface area (Å²) in [5, 5.41) is 0.